The standard InChI is InChI=1S/C13H19N3O3/c1-3-19-13(18)10-5-4-6-16(9-10)12(17)11-7-14-15(2)8-11/h7-8,10H,3-6,9H2,1-2H3/t10-/m0/s1. The molecule has 0 bridgehead atoms. The second kappa shape index (κ2) is 5.86. The van der Waals surface area contributed by atoms with Gasteiger partial charge in [0.2, 0.25) is 0 Å². The first-order chi connectivity index (χ1) is 9.11. The van der Waals surface area contributed by atoms with Gasteiger partial charge in [-0.05, 0) is 19.8 Å². The van der Waals surface area contributed by atoms with E-state index in [0.29, 0.717) is 25.3 Å². The monoisotopic (exact) mass is 265 g/mol. The van der Waals surface area contributed by atoms with E-state index >= 15 is 0 Å². The van der Waals surface area contributed by atoms with Crippen LogP contribution in [-0.2, 0) is 16.6 Å². The predicted octanol–water partition coefficient (Wildman–Crippen LogP) is 0.835. The molecule has 1 fully saturated rings. The first kappa shape index (κ1) is 13.6. The van der Waals surface area contributed by atoms with Crippen LogP contribution in [0.5, 0.6) is 0 Å². The summed E-state index contributed by atoms with van der Waals surface area (Å²) in [5, 5.41) is 3.99. The maximum absolute atomic E-state index is 12.3. The molecule has 19 heavy (non-hydrogen) atoms. The quantitative estimate of drug-likeness (QED) is 0.760. The summed E-state index contributed by atoms with van der Waals surface area (Å²) in [6.07, 6.45) is 4.86. The summed E-state index contributed by atoms with van der Waals surface area (Å²) in [5.41, 5.74) is 0.562. The van der Waals surface area contributed by atoms with Crippen LogP contribution in [0.15, 0.2) is 12.4 Å². The number of rotatable bonds is 3. The van der Waals surface area contributed by atoms with Crippen molar-refractivity contribution in [2.24, 2.45) is 13.0 Å². The van der Waals surface area contributed by atoms with Crippen LogP contribution >= 0.6 is 0 Å². The number of nitrogens with zero attached hydrogens (tertiary/aromatic N) is 3. The molecule has 2 heterocycles. The highest BCUT2D eigenvalue weighted by Gasteiger charge is 2.30. The van der Waals surface area contributed by atoms with Crippen LogP contribution in [0.3, 0.4) is 0 Å². The van der Waals surface area contributed by atoms with Crippen molar-refractivity contribution in [2.45, 2.75) is 19.8 Å². The van der Waals surface area contributed by atoms with E-state index in [4.69, 9.17) is 4.74 Å². The van der Waals surface area contributed by atoms with Crippen molar-refractivity contribution in [3.05, 3.63) is 18.0 Å². The van der Waals surface area contributed by atoms with Crippen LogP contribution < -0.4 is 0 Å². The summed E-state index contributed by atoms with van der Waals surface area (Å²) < 4.78 is 6.62. The zero-order valence-corrected chi connectivity index (χ0v) is 11.3. The predicted molar refractivity (Wildman–Crippen MR) is 68.5 cm³/mol. The molecule has 0 aliphatic carbocycles. The van der Waals surface area contributed by atoms with E-state index in [-0.39, 0.29) is 17.8 Å². The Balaban J connectivity index is 2.01. The van der Waals surface area contributed by atoms with E-state index in [9.17, 15) is 9.59 Å². The lowest BCUT2D eigenvalue weighted by Gasteiger charge is -2.31. The summed E-state index contributed by atoms with van der Waals surface area (Å²) in [7, 11) is 1.77. The van der Waals surface area contributed by atoms with Crippen LogP contribution in [0, 0.1) is 5.92 Å². The molecule has 1 aliphatic rings. The fourth-order valence-corrected chi connectivity index (χ4v) is 2.33. The summed E-state index contributed by atoms with van der Waals surface area (Å²) in [6.45, 7) is 3.29. The van der Waals surface area contributed by atoms with Gasteiger partial charge < -0.3 is 9.64 Å². The lowest BCUT2D eigenvalue weighted by Crippen LogP contribution is -2.42. The number of carbonyl (C=O) groups excluding carboxylic acids is 2. The van der Waals surface area contributed by atoms with Gasteiger partial charge in [-0.3, -0.25) is 14.3 Å². The Morgan fingerprint density at radius 1 is 1.53 bits per heavy atom. The number of ether oxygens (including phenoxy) is 1. The molecule has 104 valence electrons. The van der Waals surface area contributed by atoms with Gasteiger partial charge in [-0.15, -0.1) is 0 Å². The van der Waals surface area contributed by atoms with Crippen molar-refractivity contribution in [2.75, 3.05) is 19.7 Å². The number of piperidine rings is 1. The van der Waals surface area contributed by atoms with Gasteiger partial charge in [0.25, 0.3) is 5.91 Å². The normalized spacial score (nSPS) is 19.3. The number of aryl methyl sites for hydroxylation is 1. The molecule has 1 atom stereocenters. The number of esters is 1. The molecule has 0 N–H and O–H groups in total. The summed E-state index contributed by atoms with van der Waals surface area (Å²) in [5.74, 6) is -0.470. The van der Waals surface area contributed by atoms with Crippen molar-refractivity contribution < 1.29 is 14.3 Å². The van der Waals surface area contributed by atoms with Crippen molar-refractivity contribution >= 4 is 11.9 Å². The van der Waals surface area contributed by atoms with E-state index in [1.54, 1.807) is 35.9 Å². The molecule has 6 nitrogen and oxygen atoms in total. The van der Waals surface area contributed by atoms with Gasteiger partial charge in [0.05, 0.1) is 24.3 Å². The molecule has 0 aromatic carbocycles. The van der Waals surface area contributed by atoms with Gasteiger partial charge in [0.1, 0.15) is 0 Å². The van der Waals surface area contributed by atoms with E-state index in [2.05, 4.69) is 5.10 Å². The Kier molecular flexibility index (Phi) is 4.19. The Bertz CT molecular complexity index is 469. The van der Waals surface area contributed by atoms with E-state index in [0.717, 1.165) is 12.8 Å². The first-order valence-electron chi connectivity index (χ1n) is 6.56. The molecule has 0 radical (unpaired) electrons. The minimum Gasteiger partial charge on any atom is -0.466 e. The van der Waals surface area contributed by atoms with Crippen molar-refractivity contribution in [1.29, 1.82) is 0 Å². The summed E-state index contributed by atoms with van der Waals surface area (Å²) in [6, 6.07) is 0. The third-order valence-electron chi connectivity index (χ3n) is 3.28. The number of amides is 1. The van der Waals surface area contributed by atoms with Gasteiger partial charge in [0.15, 0.2) is 0 Å². The SMILES string of the molecule is CCOC(=O)[C@H]1CCCN(C(=O)c2cnn(C)c2)C1. The number of aromatic nitrogens is 2. The molecular formula is C13H19N3O3. The molecule has 0 unspecified atom stereocenters. The average Bonchev–Trinajstić information content (AvgIpc) is 2.85. The third kappa shape index (κ3) is 3.13. The average molecular weight is 265 g/mol. The summed E-state index contributed by atoms with van der Waals surface area (Å²) in [4.78, 5) is 25.7. The van der Waals surface area contributed by atoms with Crippen LogP contribution in [0.4, 0.5) is 0 Å². The fraction of sp³-hybridized carbons (Fsp3) is 0.615. The Morgan fingerprint density at radius 3 is 2.95 bits per heavy atom. The van der Waals surface area contributed by atoms with Crippen molar-refractivity contribution in [3.8, 4) is 0 Å². The number of hydrogen-bond donors (Lipinski definition) is 0. The number of likely N-dealkylation sites (tertiary alicyclic amines) is 1. The highest BCUT2D eigenvalue weighted by atomic mass is 16.5. The molecule has 0 spiro atoms. The minimum absolute atomic E-state index is 0.0675. The second-order valence-corrected chi connectivity index (χ2v) is 4.75. The van der Waals surface area contributed by atoms with Crippen molar-refractivity contribution in [3.63, 3.8) is 0 Å². The Labute approximate surface area is 112 Å². The minimum atomic E-state index is -0.203. The highest BCUT2D eigenvalue weighted by molar-refractivity contribution is 5.94. The van der Waals surface area contributed by atoms with E-state index < -0.39 is 0 Å². The lowest BCUT2D eigenvalue weighted by molar-refractivity contribution is -0.149. The maximum Gasteiger partial charge on any atom is 0.310 e. The number of carbonyl (C=O) groups is 2. The largest absolute Gasteiger partial charge is 0.466 e. The van der Waals surface area contributed by atoms with E-state index in [1.807, 2.05) is 0 Å². The van der Waals surface area contributed by atoms with Crippen LogP contribution in [0.2, 0.25) is 0 Å². The molecular weight excluding hydrogens is 246 g/mol. The molecule has 1 amide bonds. The Hall–Kier alpha value is -1.85. The first-order valence-corrected chi connectivity index (χ1v) is 6.56. The van der Waals surface area contributed by atoms with Crippen molar-refractivity contribution in [1.82, 2.24) is 14.7 Å². The third-order valence-corrected chi connectivity index (χ3v) is 3.28. The molecule has 6 heteroatoms. The molecule has 1 aliphatic heterocycles. The smallest absolute Gasteiger partial charge is 0.310 e. The second-order valence-electron chi connectivity index (χ2n) is 4.75. The topological polar surface area (TPSA) is 64.4 Å². The molecule has 0 saturated carbocycles. The molecule has 1 aromatic rings. The van der Waals surface area contributed by atoms with Gasteiger partial charge in [-0.25, -0.2) is 0 Å². The van der Waals surface area contributed by atoms with Gasteiger partial charge >= 0.3 is 5.97 Å². The summed E-state index contributed by atoms with van der Waals surface area (Å²) >= 11 is 0. The van der Waals surface area contributed by atoms with Gasteiger partial charge in [0, 0.05) is 26.3 Å². The van der Waals surface area contributed by atoms with Crippen LogP contribution in [0.25, 0.3) is 0 Å². The van der Waals surface area contributed by atoms with Gasteiger partial charge in [-0.2, -0.15) is 5.10 Å². The zero-order valence-electron chi connectivity index (χ0n) is 11.3. The van der Waals surface area contributed by atoms with E-state index in [1.165, 1.54) is 0 Å². The molecule has 1 aromatic heterocycles. The van der Waals surface area contributed by atoms with Crippen LogP contribution in [0.1, 0.15) is 30.1 Å². The lowest BCUT2D eigenvalue weighted by atomic mass is 9.98. The van der Waals surface area contributed by atoms with Crippen LogP contribution in [-0.4, -0.2) is 46.3 Å². The maximum atomic E-state index is 12.3. The molecule has 2 rings (SSSR count). The highest BCUT2D eigenvalue weighted by Crippen LogP contribution is 2.19. The fourth-order valence-electron chi connectivity index (χ4n) is 2.33. The van der Waals surface area contributed by atoms with Gasteiger partial charge in [-0.1, -0.05) is 0 Å². The zero-order chi connectivity index (χ0) is 13.8. The number of hydrogen-bond acceptors (Lipinski definition) is 4. The Morgan fingerprint density at radius 2 is 2.32 bits per heavy atom. The molecule has 1 saturated heterocycles.